The minimum Gasteiger partial charge on any atom is -0.324 e. The van der Waals surface area contributed by atoms with Gasteiger partial charge in [0.15, 0.2) is 0 Å². The van der Waals surface area contributed by atoms with Gasteiger partial charge in [-0.05, 0) is 51.3 Å². The molecule has 0 aromatic heterocycles. The molecule has 1 aromatic rings. The zero-order valence-corrected chi connectivity index (χ0v) is 17.3. The van der Waals surface area contributed by atoms with Crippen LogP contribution in [0.15, 0.2) is 12.1 Å². The van der Waals surface area contributed by atoms with Crippen molar-refractivity contribution in [1.29, 1.82) is 0 Å². The largest absolute Gasteiger partial charge is 0.324 e. The molecule has 0 saturated carbocycles. The molecular weight excluding hydrogens is 342 g/mol. The van der Waals surface area contributed by atoms with Gasteiger partial charge in [-0.15, -0.1) is 0 Å². The third kappa shape index (κ3) is 5.16. The van der Waals surface area contributed by atoms with Gasteiger partial charge in [0.25, 0.3) is 0 Å². The van der Waals surface area contributed by atoms with E-state index in [9.17, 15) is 14.4 Å². The molecule has 1 saturated heterocycles. The average Bonchev–Trinajstić information content (AvgIpc) is 2.83. The van der Waals surface area contributed by atoms with E-state index in [-0.39, 0.29) is 30.7 Å². The molecule has 0 unspecified atom stereocenters. The van der Waals surface area contributed by atoms with Crippen molar-refractivity contribution in [1.82, 2.24) is 9.80 Å². The van der Waals surface area contributed by atoms with Crippen LogP contribution in [0, 0.1) is 26.7 Å². The molecule has 1 aromatic carbocycles. The predicted molar refractivity (Wildman–Crippen MR) is 106 cm³/mol. The van der Waals surface area contributed by atoms with Gasteiger partial charge in [0.1, 0.15) is 0 Å². The molecule has 6 nitrogen and oxygen atoms in total. The number of aryl methyl sites for hydroxylation is 3. The Balaban J connectivity index is 1.99. The van der Waals surface area contributed by atoms with Crippen molar-refractivity contribution in [2.75, 3.05) is 25.5 Å². The Morgan fingerprint density at radius 1 is 1.22 bits per heavy atom. The Bertz CT molecular complexity index is 719. The summed E-state index contributed by atoms with van der Waals surface area (Å²) in [6.45, 7) is 10.6. The van der Waals surface area contributed by atoms with Crippen molar-refractivity contribution < 1.29 is 14.4 Å². The molecule has 0 radical (unpaired) electrons. The molecule has 148 valence electrons. The van der Waals surface area contributed by atoms with E-state index in [1.165, 1.54) is 4.90 Å². The van der Waals surface area contributed by atoms with E-state index in [4.69, 9.17) is 0 Å². The predicted octanol–water partition coefficient (Wildman–Crippen LogP) is 2.66. The van der Waals surface area contributed by atoms with Gasteiger partial charge >= 0.3 is 0 Å². The molecule has 27 heavy (non-hydrogen) atoms. The molecule has 0 aliphatic carbocycles. The summed E-state index contributed by atoms with van der Waals surface area (Å²) < 4.78 is 0. The highest BCUT2D eigenvalue weighted by Gasteiger charge is 2.40. The summed E-state index contributed by atoms with van der Waals surface area (Å²) >= 11 is 0. The lowest BCUT2D eigenvalue weighted by Crippen LogP contribution is -2.43. The van der Waals surface area contributed by atoms with Gasteiger partial charge in [0.2, 0.25) is 17.7 Å². The van der Waals surface area contributed by atoms with Crippen molar-refractivity contribution in [3.05, 3.63) is 28.8 Å². The van der Waals surface area contributed by atoms with Crippen molar-refractivity contribution in [3.63, 3.8) is 0 Å². The first-order valence-electron chi connectivity index (χ1n) is 9.52. The van der Waals surface area contributed by atoms with Crippen LogP contribution in [0.25, 0.3) is 0 Å². The molecule has 1 atom stereocenters. The molecular formula is C21H31N3O3. The zero-order valence-electron chi connectivity index (χ0n) is 17.3. The molecule has 1 N–H and O–H groups in total. The Hall–Kier alpha value is -2.21. The number of likely N-dealkylation sites (tertiary alicyclic amines) is 1. The van der Waals surface area contributed by atoms with E-state index in [0.717, 1.165) is 28.8 Å². The first-order chi connectivity index (χ1) is 12.6. The number of benzene rings is 1. The quantitative estimate of drug-likeness (QED) is 0.746. The lowest BCUT2D eigenvalue weighted by Gasteiger charge is -2.23. The first kappa shape index (κ1) is 21.1. The van der Waals surface area contributed by atoms with E-state index in [1.54, 1.807) is 11.9 Å². The standard InChI is InChI=1S/C21H31N3O3/c1-13(2)7-8-24-19(26)11-17(21(24)27)23(6)12-18(25)22-20-15(4)9-14(3)10-16(20)5/h9-10,13,17H,7-8,11-12H2,1-6H3,(H,22,25)/t17-/m1/s1. The maximum Gasteiger partial charge on any atom is 0.247 e. The number of hydrogen-bond donors (Lipinski definition) is 1. The topological polar surface area (TPSA) is 69.7 Å². The molecule has 1 aliphatic rings. The fourth-order valence-corrected chi connectivity index (χ4v) is 3.53. The van der Waals surface area contributed by atoms with Crippen LogP contribution in [0.2, 0.25) is 0 Å². The summed E-state index contributed by atoms with van der Waals surface area (Å²) in [7, 11) is 1.72. The molecule has 0 bridgehead atoms. The van der Waals surface area contributed by atoms with E-state index < -0.39 is 6.04 Å². The SMILES string of the molecule is Cc1cc(C)c(NC(=O)CN(C)[C@@H]2CC(=O)N(CCC(C)C)C2=O)c(C)c1. The Morgan fingerprint density at radius 3 is 2.37 bits per heavy atom. The van der Waals surface area contributed by atoms with Crippen LogP contribution in [0.3, 0.4) is 0 Å². The monoisotopic (exact) mass is 373 g/mol. The van der Waals surface area contributed by atoms with Gasteiger partial charge in [0.05, 0.1) is 19.0 Å². The summed E-state index contributed by atoms with van der Waals surface area (Å²) in [5.74, 6) is -0.107. The number of likely N-dealkylation sites (N-methyl/N-ethyl adjacent to an activating group) is 1. The fraction of sp³-hybridized carbons (Fsp3) is 0.571. The van der Waals surface area contributed by atoms with Crippen LogP contribution in [-0.4, -0.2) is 53.7 Å². The Kier molecular flexibility index (Phi) is 6.76. The minimum atomic E-state index is -0.560. The number of hydrogen-bond acceptors (Lipinski definition) is 4. The van der Waals surface area contributed by atoms with Crippen LogP contribution in [0.1, 0.15) is 43.4 Å². The van der Waals surface area contributed by atoms with Crippen molar-refractivity contribution in [2.24, 2.45) is 5.92 Å². The number of amides is 3. The first-order valence-corrected chi connectivity index (χ1v) is 9.52. The van der Waals surface area contributed by atoms with Crippen molar-refractivity contribution in [3.8, 4) is 0 Å². The van der Waals surface area contributed by atoms with Crippen LogP contribution in [0.4, 0.5) is 5.69 Å². The summed E-state index contributed by atoms with van der Waals surface area (Å²) in [6.07, 6.45) is 0.934. The molecule has 6 heteroatoms. The van der Waals surface area contributed by atoms with Crippen molar-refractivity contribution in [2.45, 2.75) is 53.5 Å². The summed E-state index contributed by atoms with van der Waals surface area (Å²) in [5.41, 5.74) is 3.98. The van der Waals surface area contributed by atoms with Gasteiger partial charge < -0.3 is 5.32 Å². The molecule has 1 heterocycles. The maximum atomic E-state index is 12.6. The maximum absolute atomic E-state index is 12.6. The smallest absolute Gasteiger partial charge is 0.247 e. The van der Waals surface area contributed by atoms with Crippen molar-refractivity contribution >= 4 is 23.4 Å². The second kappa shape index (κ2) is 8.65. The summed E-state index contributed by atoms with van der Waals surface area (Å²) in [5, 5.41) is 2.95. The second-order valence-corrected chi connectivity index (χ2v) is 8.02. The van der Waals surface area contributed by atoms with Crippen LogP contribution >= 0.6 is 0 Å². The highest BCUT2D eigenvalue weighted by molar-refractivity contribution is 6.05. The van der Waals surface area contributed by atoms with Crippen LogP contribution in [0.5, 0.6) is 0 Å². The third-order valence-corrected chi connectivity index (χ3v) is 5.02. The van der Waals surface area contributed by atoms with Gasteiger partial charge in [-0.3, -0.25) is 24.2 Å². The van der Waals surface area contributed by atoms with Gasteiger partial charge in [0, 0.05) is 12.2 Å². The highest BCUT2D eigenvalue weighted by Crippen LogP contribution is 2.23. The van der Waals surface area contributed by atoms with E-state index >= 15 is 0 Å². The van der Waals surface area contributed by atoms with Gasteiger partial charge in [-0.2, -0.15) is 0 Å². The number of nitrogens with one attached hydrogen (secondary N) is 1. The Morgan fingerprint density at radius 2 is 1.81 bits per heavy atom. The zero-order chi connectivity index (χ0) is 20.3. The fourth-order valence-electron chi connectivity index (χ4n) is 3.53. The Labute approximate surface area is 161 Å². The number of anilines is 1. The highest BCUT2D eigenvalue weighted by atomic mass is 16.2. The number of imide groups is 1. The van der Waals surface area contributed by atoms with E-state index in [1.807, 2.05) is 32.9 Å². The lowest BCUT2D eigenvalue weighted by molar-refractivity contribution is -0.139. The second-order valence-electron chi connectivity index (χ2n) is 8.02. The molecule has 2 rings (SSSR count). The summed E-state index contributed by atoms with van der Waals surface area (Å²) in [4.78, 5) is 40.3. The number of rotatable bonds is 7. The lowest BCUT2D eigenvalue weighted by atomic mass is 10.1. The number of nitrogens with zero attached hydrogens (tertiary/aromatic N) is 2. The normalized spacial score (nSPS) is 17.3. The van der Waals surface area contributed by atoms with Crippen LogP contribution in [-0.2, 0) is 14.4 Å². The minimum absolute atomic E-state index is 0.0640. The van der Waals surface area contributed by atoms with E-state index in [2.05, 4.69) is 19.2 Å². The van der Waals surface area contributed by atoms with Gasteiger partial charge in [-0.25, -0.2) is 0 Å². The molecule has 0 spiro atoms. The molecule has 1 aliphatic heterocycles. The third-order valence-electron chi connectivity index (χ3n) is 5.02. The molecule has 3 amide bonds. The summed E-state index contributed by atoms with van der Waals surface area (Å²) in [6, 6.07) is 3.49. The number of carbonyl (C=O) groups excluding carboxylic acids is 3. The van der Waals surface area contributed by atoms with E-state index in [0.29, 0.717) is 12.5 Å². The molecule has 1 fully saturated rings. The number of carbonyl (C=O) groups is 3. The van der Waals surface area contributed by atoms with Gasteiger partial charge in [-0.1, -0.05) is 31.5 Å². The average molecular weight is 373 g/mol. The van der Waals surface area contributed by atoms with Crippen LogP contribution < -0.4 is 5.32 Å².